The first kappa shape index (κ1) is 27.0. The van der Waals surface area contributed by atoms with Gasteiger partial charge in [0.25, 0.3) is 11.8 Å². The van der Waals surface area contributed by atoms with Gasteiger partial charge in [-0.2, -0.15) is 5.10 Å². The molecule has 0 bridgehead atoms. The largest absolute Gasteiger partial charge is 0.422 e. The zero-order valence-electron chi connectivity index (χ0n) is 20.1. The lowest BCUT2D eigenvalue weighted by Gasteiger charge is -2.10. The number of halogens is 2. The SMILES string of the molecule is Cc1ccc(C(=O)Oc2ccc(Br)cc2/C=N\NC(=O)c2ccccc2NC(=O)c2ccc(Br)cc2)cc1. The van der Waals surface area contributed by atoms with E-state index in [0.29, 0.717) is 22.4 Å². The summed E-state index contributed by atoms with van der Waals surface area (Å²) >= 11 is 6.74. The van der Waals surface area contributed by atoms with Gasteiger partial charge in [-0.1, -0.05) is 61.7 Å². The van der Waals surface area contributed by atoms with Gasteiger partial charge in [0.2, 0.25) is 0 Å². The molecule has 0 saturated carbocycles. The van der Waals surface area contributed by atoms with Gasteiger partial charge in [0.1, 0.15) is 5.75 Å². The minimum absolute atomic E-state index is 0.232. The van der Waals surface area contributed by atoms with E-state index in [1.54, 1.807) is 78.9 Å². The molecule has 4 aromatic rings. The first-order valence-electron chi connectivity index (χ1n) is 11.4. The number of hydrogen-bond acceptors (Lipinski definition) is 5. The van der Waals surface area contributed by atoms with E-state index in [-0.39, 0.29) is 17.2 Å². The van der Waals surface area contributed by atoms with Crippen LogP contribution in [0.25, 0.3) is 0 Å². The number of hydrazone groups is 1. The van der Waals surface area contributed by atoms with Gasteiger partial charge in [-0.05, 0) is 73.7 Å². The molecule has 0 unspecified atom stereocenters. The van der Waals surface area contributed by atoms with E-state index in [1.807, 2.05) is 19.1 Å². The van der Waals surface area contributed by atoms with Crippen molar-refractivity contribution in [2.24, 2.45) is 5.10 Å². The third-order valence-corrected chi connectivity index (χ3v) is 6.38. The average Bonchev–Trinajstić information content (AvgIpc) is 2.91. The van der Waals surface area contributed by atoms with Crippen molar-refractivity contribution in [1.82, 2.24) is 5.43 Å². The minimum atomic E-state index is -0.527. The molecule has 0 spiro atoms. The highest BCUT2D eigenvalue weighted by Gasteiger charge is 2.15. The lowest BCUT2D eigenvalue weighted by atomic mass is 10.1. The van der Waals surface area contributed by atoms with E-state index < -0.39 is 11.9 Å². The molecule has 190 valence electrons. The maximum atomic E-state index is 12.9. The lowest BCUT2D eigenvalue weighted by molar-refractivity contribution is 0.0733. The first-order chi connectivity index (χ1) is 18.3. The minimum Gasteiger partial charge on any atom is -0.422 e. The van der Waals surface area contributed by atoms with Crippen LogP contribution in [0.5, 0.6) is 5.75 Å². The smallest absolute Gasteiger partial charge is 0.343 e. The second kappa shape index (κ2) is 12.4. The molecule has 0 fully saturated rings. The molecule has 0 radical (unpaired) electrons. The van der Waals surface area contributed by atoms with Crippen LogP contribution in [0.1, 0.15) is 42.2 Å². The Morgan fingerprint density at radius 2 is 1.45 bits per heavy atom. The third-order valence-electron chi connectivity index (χ3n) is 5.36. The molecule has 4 rings (SSSR count). The number of anilines is 1. The van der Waals surface area contributed by atoms with Crippen molar-refractivity contribution in [3.8, 4) is 5.75 Å². The number of rotatable bonds is 7. The summed E-state index contributed by atoms with van der Waals surface area (Å²) in [4.78, 5) is 38.1. The molecule has 0 aliphatic rings. The van der Waals surface area contributed by atoms with Crippen LogP contribution in [-0.2, 0) is 0 Å². The Balaban J connectivity index is 1.47. The highest BCUT2D eigenvalue weighted by Crippen LogP contribution is 2.23. The van der Waals surface area contributed by atoms with Crippen molar-refractivity contribution in [3.05, 3.63) is 128 Å². The summed E-state index contributed by atoms with van der Waals surface area (Å²) in [5.74, 6) is -1.11. The molecule has 9 heteroatoms. The number of aryl methyl sites for hydroxylation is 1. The zero-order chi connectivity index (χ0) is 27.1. The molecule has 0 atom stereocenters. The molecular formula is C29H21Br2N3O4. The Bertz CT molecular complexity index is 1520. The Kier molecular flexibility index (Phi) is 8.83. The maximum absolute atomic E-state index is 12.9. The van der Waals surface area contributed by atoms with E-state index in [1.165, 1.54) is 6.21 Å². The standard InChI is InChI=1S/C29H21Br2N3O4/c1-18-6-8-20(9-7-18)29(37)38-26-15-14-23(31)16-21(26)17-32-34-28(36)24-4-2-3-5-25(24)33-27(35)19-10-12-22(30)13-11-19/h2-17H,1H3,(H,33,35)(H,34,36)/b32-17-. The van der Waals surface area contributed by atoms with Crippen LogP contribution in [0.3, 0.4) is 0 Å². The third kappa shape index (κ3) is 7.02. The van der Waals surface area contributed by atoms with Crippen LogP contribution < -0.4 is 15.5 Å². The predicted molar refractivity (Wildman–Crippen MR) is 154 cm³/mol. The number of amides is 2. The van der Waals surface area contributed by atoms with Crippen molar-refractivity contribution < 1.29 is 19.1 Å². The van der Waals surface area contributed by atoms with E-state index in [4.69, 9.17) is 4.74 Å². The Morgan fingerprint density at radius 1 is 0.789 bits per heavy atom. The second-order valence-electron chi connectivity index (χ2n) is 8.14. The van der Waals surface area contributed by atoms with Crippen LogP contribution in [0.15, 0.2) is 105 Å². The molecule has 0 aliphatic heterocycles. The van der Waals surface area contributed by atoms with Gasteiger partial charge in [0.05, 0.1) is 23.0 Å². The van der Waals surface area contributed by atoms with Crippen LogP contribution in [0, 0.1) is 6.92 Å². The molecule has 38 heavy (non-hydrogen) atoms. The van der Waals surface area contributed by atoms with Crippen molar-refractivity contribution >= 4 is 61.5 Å². The number of hydrogen-bond donors (Lipinski definition) is 2. The Morgan fingerprint density at radius 3 is 2.18 bits per heavy atom. The van der Waals surface area contributed by atoms with Crippen molar-refractivity contribution in [3.63, 3.8) is 0 Å². The van der Waals surface area contributed by atoms with Crippen LogP contribution in [0.4, 0.5) is 5.69 Å². The van der Waals surface area contributed by atoms with E-state index in [9.17, 15) is 14.4 Å². The summed E-state index contributed by atoms with van der Waals surface area (Å²) in [6.07, 6.45) is 1.38. The number of ether oxygens (including phenoxy) is 1. The van der Waals surface area contributed by atoms with Crippen LogP contribution >= 0.6 is 31.9 Å². The highest BCUT2D eigenvalue weighted by atomic mass is 79.9. The topological polar surface area (TPSA) is 96.9 Å². The summed E-state index contributed by atoms with van der Waals surface area (Å²) in [5.41, 5.74) is 5.39. The van der Waals surface area contributed by atoms with Gasteiger partial charge >= 0.3 is 5.97 Å². The molecule has 0 aromatic heterocycles. The zero-order valence-corrected chi connectivity index (χ0v) is 23.2. The molecule has 0 saturated heterocycles. The Hall–Kier alpha value is -4.08. The highest BCUT2D eigenvalue weighted by molar-refractivity contribution is 9.10. The molecule has 0 heterocycles. The predicted octanol–water partition coefficient (Wildman–Crippen LogP) is 6.76. The molecular weight excluding hydrogens is 614 g/mol. The van der Waals surface area contributed by atoms with Gasteiger partial charge < -0.3 is 10.1 Å². The van der Waals surface area contributed by atoms with E-state index in [2.05, 4.69) is 47.7 Å². The monoisotopic (exact) mass is 633 g/mol. The van der Waals surface area contributed by atoms with E-state index in [0.717, 1.165) is 14.5 Å². The lowest BCUT2D eigenvalue weighted by Crippen LogP contribution is -2.21. The van der Waals surface area contributed by atoms with Crippen molar-refractivity contribution in [2.75, 3.05) is 5.32 Å². The van der Waals surface area contributed by atoms with Gasteiger partial charge in [-0.3, -0.25) is 9.59 Å². The summed E-state index contributed by atoms with van der Waals surface area (Å²) in [7, 11) is 0. The fraction of sp³-hybridized carbons (Fsp3) is 0.0345. The maximum Gasteiger partial charge on any atom is 0.343 e. The molecule has 2 amide bonds. The average molecular weight is 635 g/mol. The van der Waals surface area contributed by atoms with Crippen LogP contribution in [0.2, 0.25) is 0 Å². The summed E-state index contributed by atoms with van der Waals surface area (Å²) in [6, 6.07) is 25.6. The van der Waals surface area contributed by atoms with Crippen LogP contribution in [-0.4, -0.2) is 24.0 Å². The summed E-state index contributed by atoms with van der Waals surface area (Å²) in [5, 5.41) is 6.81. The molecule has 0 aliphatic carbocycles. The second-order valence-corrected chi connectivity index (χ2v) is 9.97. The van der Waals surface area contributed by atoms with Crippen molar-refractivity contribution in [1.29, 1.82) is 0 Å². The van der Waals surface area contributed by atoms with Gasteiger partial charge in [-0.25, -0.2) is 10.2 Å². The number of esters is 1. The number of para-hydroxylation sites is 1. The summed E-state index contributed by atoms with van der Waals surface area (Å²) in [6.45, 7) is 1.93. The van der Waals surface area contributed by atoms with Gasteiger partial charge in [0.15, 0.2) is 0 Å². The molecule has 4 aromatic carbocycles. The van der Waals surface area contributed by atoms with Gasteiger partial charge in [-0.15, -0.1) is 0 Å². The van der Waals surface area contributed by atoms with E-state index >= 15 is 0 Å². The number of carbonyl (C=O) groups is 3. The number of carbonyl (C=O) groups excluding carboxylic acids is 3. The number of nitrogens with zero attached hydrogens (tertiary/aromatic N) is 1. The normalized spacial score (nSPS) is 10.7. The molecule has 7 nitrogen and oxygen atoms in total. The fourth-order valence-electron chi connectivity index (χ4n) is 3.37. The number of nitrogens with one attached hydrogen (secondary N) is 2. The van der Waals surface area contributed by atoms with Crippen molar-refractivity contribution in [2.45, 2.75) is 6.92 Å². The molecule has 2 N–H and O–H groups in total. The summed E-state index contributed by atoms with van der Waals surface area (Å²) < 4.78 is 7.16. The fourth-order valence-corrected chi connectivity index (χ4v) is 4.01. The quantitative estimate of drug-likeness (QED) is 0.102. The number of benzene rings is 4. The van der Waals surface area contributed by atoms with Gasteiger partial charge in [0, 0.05) is 20.1 Å². The Labute approximate surface area is 236 Å². The first-order valence-corrected chi connectivity index (χ1v) is 13.0.